The standard InChI is InChI=1S/C27H27ClFN5O2/c1-2-24(33(16-6-15-30)26(35)18-9-12-20(29)13-10-18)25-31-23-17-19(28)11-14-22(23)27(36)34(25)32-21-7-4-3-5-8-21/h3-5,7-14,17,24,32H,2,6,15-16,30H2,1H3. The molecule has 0 spiro atoms. The Morgan fingerprint density at radius 1 is 1.14 bits per heavy atom. The van der Waals surface area contributed by atoms with Crippen LogP contribution in [0.3, 0.4) is 0 Å². The van der Waals surface area contributed by atoms with E-state index in [1.165, 1.54) is 28.9 Å². The van der Waals surface area contributed by atoms with Gasteiger partial charge in [-0.1, -0.05) is 36.7 Å². The number of aromatic nitrogens is 2. The molecule has 4 rings (SSSR count). The number of nitrogens with zero attached hydrogens (tertiary/aromatic N) is 3. The average Bonchev–Trinajstić information content (AvgIpc) is 2.89. The molecule has 1 amide bonds. The zero-order chi connectivity index (χ0) is 25.7. The van der Waals surface area contributed by atoms with Crippen LogP contribution in [0.2, 0.25) is 5.02 Å². The second-order valence-corrected chi connectivity index (χ2v) is 8.76. The third-order valence-corrected chi connectivity index (χ3v) is 6.12. The topological polar surface area (TPSA) is 93.2 Å². The van der Waals surface area contributed by atoms with Gasteiger partial charge in [0.15, 0.2) is 5.82 Å². The highest BCUT2D eigenvalue weighted by Gasteiger charge is 2.29. The highest BCUT2D eigenvalue weighted by Crippen LogP contribution is 2.27. The molecule has 0 fully saturated rings. The van der Waals surface area contributed by atoms with E-state index in [9.17, 15) is 14.0 Å². The Labute approximate surface area is 213 Å². The number of hydrogen-bond acceptors (Lipinski definition) is 5. The number of para-hydroxylation sites is 1. The summed E-state index contributed by atoms with van der Waals surface area (Å²) in [5.41, 5.74) is 10.1. The van der Waals surface area contributed by atoms with Crippen LogP contribution in [-0.2, 0) is 0 Å². The van der Waals surface area contributed by atoms with Crippen molar-refractivity contribution in [2.24, 2.45) is 5.73 Å². The first-order valence-electron chi connectivity index (χ1n) is 11.7. The molecule has 3 N–H and O–H groups in total. The summed E-state index contributed by atoms with van der Waals surface area (Å²) >= 11 is 6.21. The van der Waals surface area contributed by atoms with Crippen LogP contribution in [-0.4, -0.2) is 33.6 Å². The summed E-state index contributed by atoms with van der Waals surface area (Å²) in [5, 5.41) is 0.837. The molecule has 0 bridgehead atoms. The van der Waals surface area contributed by atoms with E-state index in [0.717, 1.165) is 0 Å². The molecular formula is C27H27ClFN5O2. The van der Waals surface area contributed by atoms with Crippen LogP contribution in [0.1, 0.15) is 42.0 Å². The van der Waals surface area contributed by atoms with E-state index in [1.54, 1.807) is 23.1 Å². The van der Waals surface area contributed by atoms with Crippen LogP contribution >= 0.6 is 11.6 Å². The number of nitrogens with two attached hydrogens (primary N) is 1. The van der Waals surface area contributed by atoms with E-state index < -0.39 is 11.9 Å². The van der Waals surface area contributed by atoms with E-state index in [0.29, 0.717) is 58.9 Å². The van der Waals surface area contributed by atoms with Crippen molar-refractivity contribution in [1.29, 1.82) is 0 Å². The summed E-state index contributed by atoms with van der Waals surface area (Å²) in [6.45, 7) is 2.62. The second kappa shape index (κ2) is 11.3. The number of hydrogen-bond donors (Lipinski definition) is 2. The average molecular weight is 508 g/mol. The van der Waals surface area contributed by atoms with Gasteiger partial charge in [-0.25, -0.2) is 14.1 Å². The molecule has 0 saturated carbocycles. The maximum Gasteiger partial charge on any atom is 0.280 e. The fourth-order valence-corrected chi connectivity index (χ4v) is 4.28. The van der Waals surface area contributed by atoms with Crippen LogP contribution in [0.5, 0.6) is 0 Å². The van der Waals surface area contributed by atoms with Crippen molar-refractivity contribution in [3.63, 3.8) is 0 Å². The molecule has 3 aromatic carbocycles. The lowest BCUT2D eigenvalue weighted by atomic mass is 10.1. The number of rotatable bonds is 9. The number of benzene rings is 3. The molecule has 1 aromatic heterocycles. The maximum absolute atomic E-state index is 13.7. The van der Waals surface area contributed by atoms with Gasteiger partial charge in [-0.2, -0.15) is 0 Å². The summed E-state index contributed by atoms with van der Waals surface area (Å²) in [5.74, 6) is -0.378. The molecule has 1 unspecified atom stereocenters. The molecule has 9 heteroatoms. The van der Waals surface area contributed by atoms with Crippen molar-refractivity contribution in [3.8, 4) is 0 Å². The van der Waals surface area contributed by atoms with Crippen molar-refractivity contribution in [2.75, 3.05) is 18.5 Å². The van der Waals surface area contributed by atoms with Gasteiger partial charge in [0.1, 0.15) is 5.82 Å². The summed E-state index contributed by atoms with van der Waals surface area (Å²) in [4.78, 5) is 33.7. The monoisotopic (exact) mass is 507 g/mol. The SMILES string of the molecule is CCC(c1nc2cc(Cl)ccc2c(=O)n1Nc1ccccc1)N(CCCN)C(=O)c1ccc(F)cc1. The molecule has 1 heterocycles. The summed E-state index contributed by atoms with van der Waals surface area (Å²) in [6, 6.07) is 19.0. The molecular weight excluding hydrogens is 481 g/mol. The predicted molar refractivity (Wildman–Crippen MR) is 141 cm³/mol. The molecule has 36 heavy (non-hydrogen) atoms. The van der Waals surface area contributed by atoms with E-state index in [-0.39, 0.29) is 11.5 Å². The molecule has 4 aromatic rings. The van der Waals surface area contributed by atoms with Gasteiger partial charge in [0.25, 0.3) is 11.5 Å². The fourth-order valence-electron chi connectivity index (χ4n) is 4.11. The van der Waals surface area contributed by atoms with Crippen molar-refractivity contribution in [1.82, 2.24) is 14.6 Å². The third-order valence-electron chi connectivity index (χ3n) is 5.89. The van der Waals surface area contributed by atoms with E-state index in [1.807, 2.05) is 37.3 Å². The summed E-state index contributed by atoms with van der Waals surface area (Å²) in [7, 11) is 0. The smallest absolute Gasteiger partial charge is 0.280 e. The number of anilines is 1. The number of fused-ring (bicyclic) bond motifs is 1. The van der Waals surface area contributed by atoms with Crippen LogP contribution < -0.4 is 16.7 Å². The van der Waals surface area contributed by atoms with Crippen LogP contribution in [0.25, 0.3) is 10.9 Å². The number of carbonyl (C=O) groups is 1. The zero-order valence-corrected chi connectivity index (χ0v) is 20.6. The molecule has 0 aliphatic rings. The maximum atomic E-state index is 13.7. The molecule has 1 atom stereocenters. The van der Waals surface area contributed by atoms with Gasteiger partial charge >= 0.3 is 0 Å². The van der Waals surface area contributed by atoms with Gasteiger partial charge in [-0.3, -0.25) is 15.0 Å². The minimum absolute atomic E-state index is 0.304. The second-order valence-electron chi connectivity index (χ2n) is 8.32. The number of amides is 1. The Morgan fingerprint density at radius 3 is 2.53 bits per heavy atom. The minimum Gasteiger partial charge on any atom is -0.330 e. The molecule has 7 nitrogen and oxygen atoms in total. The van der Waals surface area contributed by atoms with Crippen LogP contribution in [0.15, 0.2) is 77.6 Å². The zero-order valence-electron chi connectivity index (χ0n) is 19.8. The van der Waals surface area contributed by atoms with Crippen LogP contribution in [0, 0.1) is 5.82 Å². The van der Waals surface area contributed by atoms with E-state index >= 15 is 0 Å². The first-order chi connectivity index (χ1) is 17.4. The lowest BCUT2D eigenvalue weighted by Crippen LogP contribution is -2.41. The van der Waals surface area contributed by atoms with Gasteiger partial charge < -0.3 is 10.6 Å². The molecule has 0 aliphatic carbocycles. The Kier molecular flexibility index (Phi) is 7.97. The van der Waals surface area contributed by atoms with Gasteiger partial charge in [0, 0.05) is 17.1 Å². The normalized spacial score (nSPS) is 11.9. The summed E-state index contributed by atoms with van der Waals surface area (Å²) < 4.78 is 14.9. The lowest BCUT2D eigenvalue weighted by molar-refractivity contribution is 0.0657. The van der Waals surface area contributed by atoms with Gasteiger partial charge in [-0.15, -0.1) is 0 Å². The van der Waals surface area contributed by atoms with Crippen molar-refractivity contribution in [2.45, 2.75) is 25.8 Å². The molecule has 0 saturated heterocycles. The largest absolute Gasteiger partial charge is 0.330 e. The fraction of sp³-hybridized carbons (Fsp3) is 0.222. The molecule has 0 aliphatic heterocycles. The van der Waals surface area contributed by atoms with Crippen molar-refractivity contribution < 1.29 is 9.18 Å². The van der Waals surface area contributed by atoms with Gasteiger partial charge in [0.05, 0.1) is 22.6 Å². The number of halogens is 2. The Balaban J connectivity index is 1.89. The molecule has 186 valence electrons. The van der Waals surface area contributed by atoms with Gasteiger partial charge in [-0.05, 0) is 74.0 Å². The lowest BCUT2D eigenvalue weighted by Gasteiger charge is -2.32. The Hall–Kier alpha value is -3.75. The first-order valence-corrected chi connectivity index (χ1v) is 12.1. The van der Waals surface area contributed by atoms with E-state index in [2.05, 4.69) is 5.43 Å². The quantitative estimate of drug-likeness (QED) is 0.332. The summed E-state index contributed by atoms with van der Waals surface area (Å²) in [6.07, 6.45) is 1.01. The van der Waals surface area contributed by atoms with Gasteiger partial charge in [0.2, 0.25) is 0 Å². The Bertz CT molecular complexity index is 1410. The van der Waals surface area contributed by atoms with Crippen LogP contribution in [0.4, 0.5) is 10.1 Å². The van der Waals surface area contributed by atoms with Crippen molar-refractivity contribution in [3.05, 3.63) is 105 Å². The predicted octanol–water partition coefficient (Wildman–Crippen LogP) is 5.01. The molecule has 0 radical (unpaired) electrons. The van der Waals surface area contributed by atoms with E-state index in [4.69, 9.17) is 22.3 Å². The number of carbonyl (C=O) groups excluding carboxylic acids is 1. The highest BCUT2D eigenvalue weighted by atomic mass is 35.5. The highest BCUT2D eigenvalue weighted by molar-refractivity contribution is 6.31. The first kappa shape index (κ1) is 25.3. The number of nitrogens with one attached hydrogen (secondary N) is 1. The Morgan fingerprint density at radius 2 is 1.86 bits per heavy atom. The third kappa shape index (κ3) is 5.40. The minimum atomic E-state index is -0.582. The van der Waals surface area contributed by atoms with Crippen molar-refractivity contribution >= 4 is 34.1 Å².